The van der Waals surface area contributed by atoms with Crippen LogP contribution in [0.15, 0.2) is 35.7 Å². The summed E-state index contributed by atoms with van der Waals surface area (Å²) in [6.07, 6.45) is 2.20. The number of methoxy groups -OCH3 is 1. The van der Waals surface area contributed by atoms with Crippen molar-refractivity contribution < 1.29 is 4.74 Å². The summed E-state index contributed by atoms with van der Waals surface area (Å²) >= 11 is 1.83. The summed E-state index contributed by atoms with van der Waals surface area (Å²) in [5.74, 6) is 0.927. The zero-order chi connectivity index (χ0) is 14.4. The highest BCUT2D eigenvalue weighted by Gasteiger charge is 2.14. The number of nitrogens with one attached hydrogen (secondary N) is 1. The summed E-state index contributed by atoms with van der Waals surface area (Å²) in [5, 5.41) is 5.81. The Morgan fingerprint density at radius 3 is 2.75 bits per heavy atom. The number of hydrogen-bond donors (Lipinski definition) is 1. The first-order valence-corrected chi connectivity index (χ1v) is 8.03. The van der Waals surface area contributed by atoms with E-state index >= 15 is 0 Å². The molecule has 0 radical (unpaired) electrons. The van der Waals surface area contributed by atoms with Crippen molar-refractivity contribution in [2.75, 3.05) is 13.7 Å². The van der Waals surface area contributed by atoms with Crippen LogP contribution < -0.4 is 10.1 Å². The quantitative estimate of drug-likeness (QED) is 0.818. The van der Waals surface area contributed by atoms with E-state index in [1.165, 1.54) is 16.0 Å². The van der Waals surface area contributed by atoms with Crippen molar-refractivity contribution in [1.29, 1.82) is 0 Å². The van der Waals surface area contributed by atoms with Crippen LogP contribution in [-0.4, -0.2) is 13.7 Å². The van der Waals surface area contributed by atoms with Gasteiger partial charge in [0.25, 0.3) is 0 Å². The smallest absolute Gasteiger partial charge is 0.119 e. The third-order valence-electron chi connectivity index (χ3n) is 3.48. The molecule has 0 bridgehead atoms. The molecule has 0 aliphatic rings. The fourth-order valence-electron chi connectivity index (χ4n) is 2.41. The Bertz CT molecular complexity index is 522. The van der Waals surface area contributed by atoms with Crippen LogP contribution in [0.3, 0.4) is 0 Å². The van der Waals surface area contributed by atoms with Crippen molar-refractivity contribution in [3.8, 4) is 5.75 Å². The molecule has 2 rings (SSSR count). The van der Waals surface area contributed by atoms with E-state index in [1.54, 1.807) is 7.11 Å². The molecular weight excluding hydrogens is 266 g/mol. The molecule has 0 saturated carbocycles. The minimum atomic E-state index is 0.375. The van der Waals surface area contributed by atoms with Gasteiger partial charge in [-0.3, -0.25) is 0 Å². The highest BCUT2D eigenvalue weighted by Crippen LogP contribution is 2.26. The summed E-state index contributed by atoms with van der Waals surface area (Å²) in [5.41, 5.74) is 2.65. The Balaban J connectivity index is 2.21. The Morgan fingerprint density at radius 1 is 1.30 bits per heavy atom. The predicted octanol–water partition coefficient (Wildman–Crippen LogP) is 4.35. The maximum Gasteiger partial charge on any atom is 0.119 e. The second kappa shape index (κ2) is 7.46. The molecule has 20 heavy (non-hydrogen) atoms. The minimum absolute atomic E-state index is 0.375. The summed E-state index contributed by atoms with van der Waals surface area (Å²) < 4.78 is 5.30. The average Bonchev–Trinajstić information content (AvgIpc) is 2.96. The third-order valence-corrected chi connectivity index (χ3v) is 4.38. The first-order chi connectivity index (χ1) is 9.74. The fraction of sp³-hybridized carbons (Fsp3) is 0.412. The molecule has 0 fully saturated rings. The number of ether oxygens (including phenoxy) is 1. The largest absolute Gasteiger partial charge is 0.497 e. The standard InChI is InChI=1S/C17H23NOS/c1-4-9-18-17(12-15-6-5-10-20-15)16-8-7-14(19-3)11-13(16)2/h5-8,10-11,17-18H,4,9,12H2,1-3H3. The molecule has 1 aromatic carbocycles. The van der Waals surface area contributed by atoms with E-state index in [0.29, 0.717) is 6.04 Å². The molecule has 2 aromatic rings. The maximum absolute atomic E-state index is 5.30. The van der Waals surface area contributed by atoms with Gasteiger partial charge in [-0.2, -0.15) is 0 Å². The van der Waals surface area contributed by atoms with Gasteiger partial charge in [-0.1, -0.05) is 19.1 Å². The Morgan fingerprint density at radius 2 is 2.15 bits per heavy atom. The molecule has 1 aromatic heterocycles. The summed E-state index contributed by atoms with van der Waals surface area (Å²) in [4.78, 5) is 1.42. The van der Waals surface area contributed by atoms with Gasteiger partial charge < -0.3 is 10.1 Å². The van der Waals surface area contributed by atoms with Crippen LogP contribution in [-0.2, 0) is 6.42 Å². The molecule has 0 aliphatic carbocycles. The predicted molar refractivity (Wildman–Crippen MR) is 86.8 cm³/mol. The second-order valence-electron chi connectivity index (χ2n) is 5.01. The zero-order valence-corrected chi connectivity index (χ0v) is 13.3. The lowest BCUT2D eigenvalue weighted by Gasteiger charge is -2.21. The van der Waals surface area contributed by atoms with E-state index < -0.39 is 0 Å². The molecule has 0 aliphatic heterocycles. The van der Waals surface area contributed by atoms with Crippen molar-refractivity contribution in [3.05, 3.63) is 51.7 Å². The lowest BCUT2D eigenvalue weighted by Crippen LogP contribution is -2.24. The van der Waals surface area contributed by atoms with E-state index in [4.69, 9.17) is 4.74 Å². The van der Waals surface area contributed by atoms with Crippen LogP contribution >= 0.6 is 11.3 Å². The molecule has 1 N–H and O–H groups in total. The summed E-state index contributed by atoms with van der Waals surface area (Å²) in [7, 11) is 1.72. The van der Waals surface area contributed by atoms with Crippen LogP contribution in [0.4, 0.5) is 0 Å². The summed E-state index contributed by atoms with van der Waals surface area (Å²) in [6.45, 7) is 5.41. The van der Waals surface area contributed by atoms with Crippen LogP contribution in [0.1, 0.15) is 35.4 Å². The lowest BCUT2D eigenvalue weighted by atomic mass is 9.97. The minimum Gasteiger partial charge on any atom is -0.497 e. The maximum atomic E-state index is 5.30. The van der Waals surface area contributed by atoms with Gasteiger partial charge in [0.2, 0.25) is 0 Å². The van der Waals surface area contributed by atoms with E-state index in [0.717, 1.165) is 25.1 Å². The highest BCUT2D eigenvalue weighted by molar-refractivity contribution is 7.09. The van der Waals surface area contributed by atoms with Gasteiger partial charge in [0.05, 0.1) is 7.11 Å². The fourth-order valence-corrected chi connectivity index (χ4v) is 3.16. The van der Waals surface area contributed by atoms with E-state index in [2.05, 4.69) is 54.9 Å². The Labute approximate surface area is 125 Å². The van der Waals surface area contributed by atoms with Gasteiger partial charge in [-0.15, -0.1) is 11.3 Å². The molecule has 1 unspecified atom stereocenters. The van der Waals surface area contributed by atoms with Crippen molar-refractivity contribution in [3.63, 3.8) is 0 Å². The van der Waals surface area contributed by atoms with Gasteiger partial charge in [-0.25, -0.2) is 0 Å². The Hall–Kier alpha value is -1.32. The first kappa shape index (κ1) is 15.1. The normalized spacial score (nSPS) is 12.3. The molecular formula is C17H23NOS. The van der Waals surface area contributed by atoms with Crippen molar-refractivity contribution in [2.24, 2.45) is 0 Å². The van der Waals surface area contributed by atoms with Gasteiger partial charge in [0.15, 0.2) is 0 Å². The van der Waals surface area contributed by atoms with Crippen molar-refractivity contribution in [1.82, 2.24) is 5.32 Å². The highest BCUT2D eigenvalue weighted by atomic mass is 32.1. The summed E-state index contributed by atoms with van der Waals surface area (Å²) in [6, 6.07) is 11.1. The molecule has 1 atom stereocenters. The van der Waals surface area contributed by atoms with Crippen LogP contribution in [0.2, 0.25) is 0 Å². The number of rotatable bonds is 7. The number of aryl methyl sites for hydroxylation is 1. The average molecular weight is 289 g/mol. The third kappa shape index (κ3) is 3.84. The molecule has 1 heterocycles. The molecule has 0 saturated heterocycles. The lowest BCUT2D eigenvalue weighted by molar-refractivity contribution is 0.413. The van der Waals surface area contributed by atoms with Gasteiger partial charge in [0, 0.05) is 17.3 Å². The molecule has 0 spiro atoms. The monoisotopic (exact) mass is 289 g/mol. The van der Waals surface area contributed by atoms with E-state index in [9.17, 15) is 0 Å². The van der Waals surface area contributed by atoms with Crippen LogP contribution in [0.25, 0.3) is 0 Å². The molecule has 3 heteroatoms. The van der Waals surface area contributed by atoms with Crippen molar-refractivity contribution in [2.45, 2.75) is 32.7 Å². The van der Waals surface area contributed by atoms with E-state index in [1.807, 2.05) is 11.3 Å². The van der Waals surface area contributed by atoms with Gasteiger partial charge in [0.1, 0.15) is 5.75 Å². The molecule has 0 amide bonds. The topological polar surface area (TPSA) is 21.3 Å². The number of hydrogen-bond acceptors (Lipinski definition) is 3. The van der Waals surface area contributed by atoms with Crippen LogP contribution in [0.5, 0.6) is 5.75 Å². The van der Waals surface area contributed by atoms with E-state index in [-0.39, 0.29) is 0 Å². The zero-order valence-electron chi connectivity index (χ0n) is 12.5. The SMILES string of the molecule is CCCNC(Cc1cccs1)c1ccc(OC)cc1C. The van der Waals surface area contributed by atoms with Crippen LogP contribution in [0, 0.1) is 6.92 Å². The Kier molecular flexibility index (Phi) is 5.62. The van der Waals surface area contributed by atoms with Crippen molar-refractivity contribution >= 4 is 11.3 Å². The number of benzene rings is 1. The molecule has 108 valence electrons. The van der Waals surface area contributed by atoms with Gasteiger partial charge >= 0.3 is 0 Å². The molecule has 2 nitrogen and oxygen atoms in total. The number of thiophene rings is 1. The second-order valence-corrected chi connectivity index (χ2v) is 6.04. The van der Waals surface area contributed by atoms with Gasteiger partial charge in [-0.05, 0) is 54.6 Å². The first-order valence-electron chi connectivity index (χ1n) is 7.15.